The molecule has 4 aromatic carbocycles. The number of nitriles is 1. The van der Waals surface area contributed by atoms with Gasteiger partial charge in [0.25, 0.3) is 0 Å². The third-order valence-corrected chi connectivity index (χ3v) is 13.9. The minimum Gasteiger partial charge on any atom is -0.208 e. The highest BCUT2D eigenvalue weighted by molar-refractivity contribution is 5.72. The maximum atomic E-state index is 9.29. The summed E-state index contributed by atoms with van der Waals surface area (Å²) in [5.74, 6) is 6.81. The monoisotopic (exact) mass is 710 g/mol. The predicted molar refractivity (Wildman–Crippen MR) is 219 cm³/mol. The largest absolute Gasteiger partial charge is 0.208 e. The molecule has 4 aliphatic rings. The van der Waals surface area contributed by atoms with E-state index in [2.05, 4.69) is 107 Å². The van der Waals surface area contributed by atoms with Gasteiger partial charge in [-0.15, -0.1) is 0 Å². The van der Waals surface area contributed by atoms with Gasteiger partial charge < -0.3 is 0 Å². The smallest absolute Gasteiger partial charge is 0.164 e. The summed E-state index contributed by atoms with van der Waals surface area (Å²) in [5, 5.41) is 9.29. The van der Waals surface area contributed by atoms with Crippen LogP contribution in [-0.2, 0) is 10.8 Å². The zero-order valence-electron chi connectivity index (χ0n) is 32.6. The number of aromatic nitrogens is 3. The van der Waals surface area contributed by atoms with E-state index in [1.807, 2.05) is 24.3 Å². The lowest BCUT2D eigenvalue weighted by molar-refractivity contribution is 0.0739. The van der Waals surface area contributed by atoms with Crippen LogP contribution in [0, 0.1) is 46.8 Å². The first-order chi connectivity index (χ1) is 26.2. The second kappa shape index (κ2) is 13.9. The second-order valence-corrected chi connectivity index (χ2v) is 18.6. The van der Waals surface area contributed by atoms with Crippen LogP contribution in [0.25, 0.3) is 45.3 Å². The Morgan fingerprint density at radius 1 is 0.500 bits per heavy atom. The molecular formula is C50H54N4. The molecule has 1 heterocycles. The average molecular weight is 711 g/mol. The molecule has 2 unspecified atom stereocenters. The molecule has 0 saturated heterocycles. The molecule has 0 radical (unpaired) electrons. The van der Waals surface area contributed by atoms with Gasteiger partial charge in [0.05, 0.1) is 11.6 Å². The molecule has 4 saturated carbocycles. The fourth-order valence-electron chi connectivity index (χ4n) is 12.5. The fraction of sp³-hybridized carbons (Fsp3) is 0.440. The van der Waals surface area contributed by atoms with E-state index in [0.29, 0.717) is 23.2 Å². The molecule has 4 fully saturated rings. The van der Waals surface area contributed by atoms with E-state index >= 15 is 0 Å². The summed E-state index contributed by atoms with van der Waals surface area (Å²) < 4.78 is 0. The summed E-state index contributed by atoms with van der Waals surface area (Å²) in [6.45, 7) is 10.0. The summed E-state index contributed by atoms with van der Waals surface area (Å²) in [7, 11) is 0. The SMILES string of the molecule is C[C@@H]1C[C@@H]2C[C@H](C)CC(c3ccc(-c4nc(-c5ccccc5)nc(-c5ccc(-c6ccc(C#N)cc6)cc5)n4)c(C45C[C@H](C)C[C@H](C[C@H](C)C4)C5)c3)(C1)C2. The minimum atomic E-state index is 0.129. The maximum absolute atomic E-state index is 9.29. The van der Waals surface area contributed by atoms with Gasteiger partial charge in [-0.1, -0.05) is 113 Å². The summed E-state index contributed by atoms with van der Waals surface area (Å²) in [6.07, 6.45) is 13.2. The van der Waals surface area contributed by atoms with E-state index in [1.165, 1.54) is 75.3 Å². The Kier molecular flexibility index (Phi) is 9.04. The highest BCUT2D eigenvalue weighted by Gasteiger charge is 2.49. The Morgan fingerprint density at radius 3 is 1.52 bits per heavy atom. The minimum absolute atomic E-state index is 0.129. The van der Waals surface area contributed by atoms with Gasteiger partial charge in [0, 0.05) is 16.7 Å². The Morgan fingerprint density at radius 2 is 0.963 bits per heavy atom. The van der Waals surface area contributed by atoms with E-state index in [-0.39, 0.29) is 10.8 Å². The molecule has 4 aliphatic carbocycles. The Bertz CT molecular complexity index is 2140. The van der Waals surface area contributed by atoms with Crippen molar-refractivity contribution in [1.82, 2.24) is 15.0 Å². The van der Waals surface area contributed by atoms with Crippen LogP contribution in [0.15, 0.2) is 97.1 Å². The Labute approximate surface area is 322 Å². The zero-order valence-corrected chi connectivity index (χ0v) is 32.6. The number of fused-ring (bicyclic) bond motifs is 4. The highest BCUT2D eigenvalue weighted by atomic mass is 15.0. The molecule has 274 valence electrons. The van der Waals surface area contributed by atoms with Gasteiger partial charge in [0.1, 0.15) is 0 Å². The van der Waals surface area contributed by atoms with Crippen LogP contribution in [-0.4, -0.2) is 15.0 Å². The van der Waals surface area contributed by atoms with Gasteiger partial charge in [-0.25, -0.2) is 15.0 Å². The number of benzene rings is 4. The van der Waals surface area contributed by atoms with E-state index in [4.69, 9.17) is 15.0 Å². The number of hydrogen-bond donors (Lipinski definition) is 0. The molecule has 4 nitrogen and oxygen atoms in total. The number of nitrogens with zero attached hydrogens (tertiary/aromatic N) is 4. The molecule has 0 amide bonds. The van der Waals surface area contributed by atoms with Crippen molar-refractivity contribution in [3.05, 3.63) is 114 Å². The topological polar surface area (TPSA) is 62.5 Å². The van der Waals surface area contributed by atoms with Crippen molar-refractivity contribution in [3.63, 3.8) is 0 Å². The zero-order chi connectivity index (χ0) is 37.0. The summed E-state index contributed by atoms with van der Waals surface area (Å²) in [4.78, 5) is 15.9. The lowest BCUT2D eigenvalue weighted by Crippen LogP contribution is -2.44. The molecule has 4 bridgehead atoms. The van der Waals surface area contributed by atoms with Crippen LogP contribution in [0.1, 0.15) is 109 Å². The predicted octanol–water partition coefficient (Wildman–Crippen LogP) is 12.6. The van der Waals surface area contributed by atoms with Gasteiger partial charge in [-0.2, -0.15) is 5.26 Å². The Balaban J connectivity index is 1.21. The highest BCUT2D eigenvalue weighted by Crippen LogP contribution is 2.58. The van der Waals surface area contributed by atoms with Crippen LogP contribution >= 0.6 is 0 Å². The molecule has 4 heteroatoms. The van der Waals surface area contributed by atoms with E-state index < -0.39 is 0 Å². The summed E-state index contributed by atoms with van der Waals surface area (Å²) in [6, 6.07) is 36.6. The summed E-state index contributed by atoms with van der Waals surface area (Å²) in [5.41, 5.74) is 9.52. The van der Waals surface area contributed by atoms with Crippen molar-refractivity contribution < 1.29 is 0 Å². The molecule has 9 rings (SSSR count). The van der Waals surface area contributed by atoms with Crippen molar-refractivity contribution in [3.8, 4) is 51.4 Å². The molecule has 8 atom stereocenters. The van der Waals surface area contributed by atoms with Gasteiger partial charge in [-0.05, 0) is 145 Å². The van der Waals surface area contributed by atoms with Gasteiger partial charge in [0.2, 0.25) is 0 Å². The lowest BCUT2D eigenvalue weighted by Gasteiger charge is -2.53. The van der Waals surface area contributed by atoms with Gasteiger partial charge in [0.15, 0.2) is 17.5 Å². The molecule has 0 spiro atoms. The Hall–Kier alpha value is -4.62. The van der Waals surface area contributed by atoms with Crippen LogP contribution < -0.4 is 0 Å². The van der Waals surface area contributed by atoms with Crippen molar-refractivity contribution in [2.45, 2.75) is 103 Å². The standard InChI is InChI=1S/C50H54N4/c1-32-20-37-21-33(2)26-49(25-32,29-37)43-18-19-44(45(24-43)50-27-34(3)22-38(30-50)23-35(4)28-50)48-53-46(41-8-6-5-7-9-41)52-47(54-48)42-16-14-40(15-17-42)39-12-10-36(31-51)11-13-39/h5-19,24,32-35,37-38H,20-23,25-30H2,1-4H3/t32-,33+,34-,35+,37-,38-,49?,50?. The molecule has 0 N–H and O–H groups in total. The van der Waals surface area contributed by atoms with Gasteiger partial charge >= 0.3 is 0 Å². The molecule has 1 aromatic heterocycles. The number of rotatable bonds is 6. The van der Waals surface area contributed by atoms with Crippen molar-refractivity contribution in [2.75, 3.05) is 0 Å². The van der Waals surface area contributed by atoms with Crippen molar-refractivity contribution in [1.29, 1.82) is 5.26 Å². The number of hydrogen-bond acceptors (Lipinski definition) is 4. The first-order valence-electron chi connectivity index (χ1n) is 20.8. The third kappa shape index (κ3) is 6.59. The third-order valence-electron chi connectivity index (χ3n) is 13.9. The molecule has 54 heavy (non-hydrogen) atoms. The molecular weight excluding hydrogens is 657 g/mol. The second-order valence-electron chi connectivity index (χ2n) is 18.6. The lowest BCUT2D eigenvalue weighted by atomic mass is 9.52. The van der Waals surface area contributed by atoms with E-state index in [9.17, 15) is 5.26 Å². The summed E-state index contributed by atoms with van der Waals surface area (Å²) >= 11 is 0. The van der Waals surface area contributed by atoms with Crippen LogP contribution in [0.2, 0.25) is 0 Å². The van der Waals surface area contributed by atoms with Crippen LogP contribution in [0.4, 0.5) is 0 Å². The van der Waals surface area contributed by atoms with Crippen molar-refractivity contribution >= 4 is 0 Å². The first kappa shape index (κ1) is 35.1. The average Bonchev–Trinajstić information content (AvgIpc) is 3.17. The first-order valence-corrected chi connectivity index (χ1v) is 20.8. The van der Waals surface area contributed by atoms with Gasteiger partial charge in [-0.3, -0.25) is 0 Å². The van der Waals surface area contributed by atoms with Crippen LogP contribution in [0.5, 0.6) is 0 Å². The quantitative estimate of drug-likeness (QED) is 0.176. The molecule has 0 aliphatic heterocycles. The normalized spacial score (nSPS) is 30.4. The fourth-order valence-corrected chi connectivity index (χ4v) is 12.5. The molecule has 5 aromatic rings. The maximum Gasteiger partial charge on any atom is 0.164 e. The van der Waals surface area contributed by atoms with Crippen LogP contribution in [0.3, 0.4) is 0 Å². The van der Waals surface area contributed by atoms with Crippen molar-refractivity contribution in [2.24, 2.45) is 35.5 Å². The van der Waals surface area contributed by atoms with E-state index in [0.717, 1.165) is 57.6 Å². The van der Waals surface area contributed by atoms with E-state index in [1.54, 1.807) is 5.56 Å².